The van der Waals surface area contributed by atoms with Crippen LogP contribution in [-0.4, -0.2) is 53.8 Å². The van der Waals surface area contributed by atoms with E-state index in [4.69, 9.17) is 11.6 Å². The number of nitrogens with zero attached hydrogens (tertiary/aromatic N) is 4. The van der Waals surface area contributed by atoms with Crippen molar-refractivity contribution >= 4 is 17.4 Å². The molecule has 2 heterocycles. The van der Waals surface area contributed by atoms with E-state index in [1.165, 1.54) is 17.3 Å². The summed E-state index contributed by atoms with van der Waals surface area (Å²) in [6.07, 6.45) is -1.15. The van der Waals surface area contributed by atoms with Gasteiger partial charge >= 0.3 is 6.18 Å². The minimum Gasteiger partial charge on any atom is -0.351 e. The van der Waals surface area contributed by atoms with Gasteiger partial charge in [-0.05, 0) is 0 Å². The monoisotopic (exact) mass is 280 g/mol. The summed E-state index contributed by atoms with van der Waals surface area (Å²) in [7, 11) is 0. The molecule has 0 unspecified atom stereocenters. The Labute approximate surface area is 107 Å². The van der Waals surface area contributed by atoms with E-state index in [0.29, 0.717) is 32.0 Å². The Kier molecular flexibility index (Phi) is 3.91. The maximum absolute atomic E-state index is 12.2. The van der Waals surface area contributed by atoms with Crippen LogP contribution in [0.3, 0.4) is 0 Å². The topological polar surface area (TPSA) is 32.3 Å². The third kappa shape index (κ3) is 3.46. The molecule has 0 atom stereocenters. The molecule has 100 valence electrons. The van der Waals surface area contributed by atoms with Crippen LogP contribution in [0.1, 0.15) is 0 Å². The number of piperazine rings is 1. The van der Waals surface area contributed by atoms with Gasteiger partial charge in [-0.3, -0.25) is 4.90 Å². The van der Waals surface area contributed by atoms with E-state index >= 15 is 0 Å². The summed E-state index contributed by atoms with van der Waals surface area (Å²) in [4.78, 5) is 11.2. The van der Waals surface area contributed by atoms with Gasteiger partial charge in [-0.25, -0.2) is 9.97 Å². The summed E-state index contributed by atoms with van der Waals surface area (Å²) in [5.41, 5.74) is 0. The van der Waals surface area contributed by atoms with Crippen LogP contribution >= 0.6 is 11.6 Å². The van der Waals surface area contributed by atoms with Crippen LogP contribution in [0.5, 0.6) is 0 Å². The van der Waals surface area contributed by atoms with Gasteiger partial charge in [-0.15, -0.1) is 0 Å². The van der Waals surface area contributed by atoms with Crippen LogP contribution in [0.15, 0.2) is 12.4 Å². The van der Waals surface area contributed by atoms with Gasteiger partial charge in [0.2, 0.25) is 0 Å². The predicted molar refractivity (Wildman–Crippen MR) is 61.8 cm³/mol. The molecule has 0 spiro atoms. The van der Waals surface area contributed by atoms with Crippen molar-refractivity contribution in [1.29, 1.82) is 0 Å². The maximum atomic E-state index is 12.2. The Morgan fingerprint density at radius 3 is 2.28 bits per heavy atom. The molecular weight excluding hydrogens is 269 g/mol. The smallest absolute Gasteiger partial charge is 0.351 e. The lowest BCUT2D eigenvalue weighted by molar-refractivity contribution is -0.146. The minimum absolute atomic E-state index is 0.279. The first kappa shape index (κ1) is 13.4. The molecule has 18 heavy (non-hydrogen) atoms. The SMILES string of the molecule is FC(F)(F)CN1CCN(c2nccnc2Cl)CC1. The summed E-state index contributed by atoms with van der Waals surface area (Å²) < 4.78 is 36.7. The average molecular weight is 281 g/mol. The third-order valence-electron chi connectivity index (χ3n) is 2.71. The number of hydrogen-bond acceptors (Lipinski definition) is 4. The lowest BCUT2D eigenvalue weighted by atomic mass is 10.3. The molecular formula is C10H12ClF3N4. The molecule has 1 fully saturated rings. The van der Waals surface area contributed by atoms with Crippen molar-refractivity contribution in [3.8, 4) is 0 Å². The number of aromatic nitrogens is 2. The van der Waals surface area contributed by atoms with Gasteiger partial charge in [0, 0.05) is 38.6 Å². The summed E-state index contributed by atoms with van der Waals surface area (Å²) in [6.45, 7) is 0.747. The first-order valence-corrected chi connectivity index (χ1v) is 5.84. The second kappa shape index (κ2) is 5.27. The van der Waals surface area contributed by atoms with Gasteiger partial charge in [0.15, 0.2) is 11.0 Å². The van der Waals surface area contributed by atoms with Gasteiger partial charge in [0.1, 0.15) is 0 Å². The van der Waals surface area contributed by atoms with E-state index < -0.39 is 12.7 Å². The van der Waals surface area contributed by atoms with Gasteiger partial charge in [0.05, 0.1) is 6.54 Å². The quantitative estimate of drug-likeness (QED) is 0.827. The lowest BCUT2D eigenvalue weighted by Gasteiger charge is -2.35. The van der Waals surface area contributed by atoms with Crippen molar-refractivity contribution in [2.24, 2.45) is 0 Å². The predicted octanol–water partition coefficient (Wildman–Crippen LogP) is 1.81. The Morgan fingerprint density at radius 2 is 1.72 bits per heavy atom. The molecule has 0 aliphatic carbocycles. The van der Waals surface area contributed by atoms with Crippen molar-refractivity contribution < 1.29 is 13.2 Å². The second-order valence-corrected chi connectivity index (χ2v) is 4.41. The summed E-state index contributed by atoms with van der Waals surface area (Å²) in [5.74, 6) is 0.533. The van der Waals surface area contributed by atoms with Crippen LogP contribution in [0, 0.1) is 0 Å². The number of rotatable bonds is 2. The van der Waals surface area contributed by atoms with Gasteiger partial charge in [0.25, 0.3) is 0 Å². The van der Waals surface area contributed by atoms with Gasteiger partial charge in [-0.2, -0.15) is 13.2 Å². The Hall–Kier alpha value is -1.08. The van der Waals surface area contributed by atoms with Crippen molar-refractivity contribution in [2.45, 2.75) is 6.18 Å². The fourth-order valence-electron chi connectivity index (χ4n) is 1.90. The first-order valence-electron chi connectivity index (χ1n) is 5.46. The number of alkyl halides is 3. The highest BCUT2D eigenvalue weighted by Gasteiger charge is 2.32. The van der Waals surface area contributed by atoms with E-state index in [1.807, 2.05) is 4.90 Å². The highest BCUT2D eigenvalue weighted by molar-refractivity contribution is 6.31. The maximum Gasteiger partial charge on any atom is 0.401 e. The molecule has 1 aliphatic rings. The van der Waals surface area contributed by atoms with Crippen LogP contribution in [0.4, 0.5) is 19.0 Å². The number of hydrogen-bond donors (Lipinski definition) is 0. The third-order valence-corrected chi connectivity index (χ3v) is 2.98. The van der Waals surface area contributed by atoms with Crippen LogP contribution < -0.4 is 4.90 Å². The molecule has 1 saturated heterocycles. The Balaban J connectivity index is 1.93. The van der Waals surface area contributed by atoms with Crippen LogP contribution in [0.2, 0.25) is 5.15 Å². The molecule has 8 heteroatoms. The van der Waals surface area contributed by atoms with E-state index in [2.05, 4.69) is 9.97 Å². The van der Waals surface area contributed by atoms with Gasteiger partial charge in [-0.1, -0.05) is 11.6 Å². The number of halogens is 4. The van der Waals surface area contributed by atoms with Crippen molar-refractivity contribution in [2.75, 3.05) is 37.6 Å². The zero-order valence-corrected chi connectivity index (χ0v) is 10.2. The Bertz CT molecular complexity index is 404. The molecule has 0 aromatic carbocycles. The molecule has 0 N–H and O–H groups in total. The number of anilines is 1. The molecule has 4 nitrogen and oxygen atoms in total. The molecule has 1 aliphatic heterocycles. The highest BCUT2D eigenvalue weighted by Crippen LogP contribution is 2.22. The van der Waals surface area contributed by atoms with Crippen molar-refractivity contribution in [1.82, 2.24) is 14.9 Å². The largest absolute Gasteiger partial charge is 0.401 e. The molecule has 0 amide bonds. The van der Waals surface area contributed by atoms with E-state index in [0.717, 1.165) is 0 Å². The molecule has 0 bridgehead atoms. The van der Waals surface area contributed by atoms with Crippen molar-refractivity contribution in [3.05, 3.63) is 17.5 Å². The molecule has 1 aromatic heterocycles. The highest BCUT2D eigenvalue weighted by atomic mass is 35.5. The Morgan fingerprint density at radius 1 is 1.11 bits per heavy atom. The summed E-state index contributed by atoms with van der Waals surface area (Å²) in [6, 6.07) is 0. The minimum atomic E-state index is -4.15. The average Bonchev–Trinajstić information content (AvgIpc) is 2.29. The van der Waals surface area contributed by atoms with E-state index in [1.54, 1.807) is 0 Å². The standard InChI is InChI=1S/C10H12ClF3N4/c11-8-9(16-2-1-15-8)18-5-3-17(4-6-18)7-10(12,13)14/h1-2H,3-7H2. The fraction of sp³-hybridized carbons (Fsp3) is 0.600. The molecule has 1 aromatic rings. The second-order valence-electron chi connectivity index (χ2n) is 4.05. The molecule has 0 radical (unpaired) electrons. The fourth-order valence-corrected chi connectivity index (χ4v) is 2.12. The van der Waals surface area contributed by atoms with E-state index in [-0.39, 0.29) is 5.15 Å². The van der Waals surface area contributed by atoms with E-state index in [9.17, 15) is 13.2 Å². The first-order chi connectivity index (χ1) is 8.46. The zero-order valence-electron chi connectivity index (χ0n) is 9.49. The van der Waals surface area contributed by atoms with Crippen molar-refractivity contribution in [3.63, 3.8) is 0 Å². The normalized spacial score (nSPS) is 18.1. The van der Waals surface area contributed by atoms with Crippen LogP contribution in [-0.2, 0) is 0 Å². The summed E-state index contributed by atoms with van der Waals surface area (Å²) in [5, 5.41) is 0.279. The van der Waals surface area contributed by atoms with Gasteiger partial charge < -0.3 is 4.90 Å². The summed E-state index contributed by atoms with van der Waals surface area (Å²) >= 11 is 5.89. The molecule has 2 rings (SSSR count). The van der Waals surface area contributed by atoms with Crippen LogP contribution in [0.25, 0.3) is 0 Å². The molecule has 0 saturated carbocycles. The lowest BCUT2D eigenvalue weighted by Crippen LogP contribution is -2.49. The zero-order chi connectivity index (χ0) is 13.2.